The first-order valence-electron chi connectivity index (χ1n) is 7.72. The minimum absolute atomic E-state index is 0.00275. The predicted molar refractivity (Wildman–Crippen MR) is 79.6 cm³/mol. The molecule has 2 rings (SSSR count). The van der Waals surface area contributed by atoms with Crippen LogP contribution in [0.3, 0.4) is 0 Å². The summed E-state index contributed by atoms with van der Waals surface area (Å²) in [5, 5.41) is 0. The summed E-state index contributed by atoms with van der Waals surface area (Å²) in [4.78, 5) is 28.4. The van der Waals surface area contributed by atoms with E-state index in [1.54, 1.807) is 4.90 Å². The molecule has 2 atom stereocenters. The number of nitrogens with zero attached hydrogens (tertiary/aromatic N) is 2. The first-order chi connectivity index (χ1) is 9.76. The van der Waals surface area contributed by atoms with E-state index >= 15 is 0 Å². The van der Waals surface area contributed by atoms with E-state index in [1.165, 1.54) is 0 Å². The van der Waals surface area contributed by atoms with Crippen molar-refractivity contribution in [2.45, 2.75) is 64.3 Å². The fourth-order valence-electron chi connectivity index (χ4n) is 3.58. The lowest BCUT2D eigenvalue weighted by Gasteiger charge is -2.49. The highest BCUT2D eigenvalue weighted by Crippen LogP contribution is 2.27. The predicted octanol–water partition coefficient (Wildman–Crippen LogP) is 0.351. The number of hydrogen-bond donors (Lipinski definition) is 1. The zero-order valence-corrected chi connectivity index (χ0v) is 13.5. The van der Waals surface area contributed by atoms with Crippen LogP contribution in [0.5, 0.6) is 0 Å². The summed E-state index contributed by atoms with van der Waals surface area (Å²) < 4.78 is 5.66. The number of hydrogen-bond acceptors (Lipinski definition) is 4. The van der Waals surface area contributed by atoms with Gasteiger partial charge in [0.05, 0.1) is 18.2 Å². The summed E-state index contributed by atoms with van der Waals surface area (Å²) in [5.41, 5.74) is 5.22. The second-order valence-corrected chi connectivity index (χ2v) is 6.92. The highest BCUT2D eigenvalue weighted by molar-refractivity contribution is 5.89. The highest BCUT2D eigenvalue weighted by atomic mass is 16.5. The van der Waals surface area contributed by atoms with Gasteiger partial charge in [-0.25, -0.2) is 0 Å². The van der Waals surface area contributed by atoms with Crippen molar-refractivity contribution in [1.29, 1.82) is 0 Å². The van der Waals surface area contributed by atoms with Crippen LogP contribution in [-0.4, -0.2) is 65.0 Å². The Bertz CT molecular complexity index is 422. The Morgan fingerprint density at radius 3 is 2.57 bits per heavy atom. The lowest BCUT2D eigenvalue weighted by atomic mass is 9.96. The van der Waals surface area contributed by atoms with Gasteiger partial charge in [0, 0.05) is 19.1 Å². The summed E-state index contributed by atoms with van der Waals surface area (Å²) in [6, 6.07) is 0.133. The van der Waals surface area contributed by atoms with Crippen molar-refractivity contribution in [2.24, 2.45) is 5.73 Å². The molecule has 2 aliphatic heterocycles. The van der Waals surface area contributed by atoms with Gasteiger partial charge in [-0.3, -0.25) is 9.59 Å². The van der Waals surface area contributed by atoms with Crippen LogP contribution in [0.2, 0.25) is 0 Å². The Morgan fingerprint density at radius 2 is 2.10 bits per heavy atom. The third-order valence-electron chi connectivity index (χ3n) is 4.30. The maximum Gasteiger partial charge on any atom is 0.252 e. The van der Waals surface area contributed by atoms with Crippen molar-refractivity contribution < 1.29 is 14.3 Å². The van der Waals surface area contributed by atoms with Crippen LogP contribution in [0, 0.1) is 0 Å². The van der Waals surface area contributed by atoms with E-state index in [4.69, 9.17) is 10.5 Å². The monoisotopic (exact) mass is 297 g/mol. The summed E-state index contributed by atoms with van der Waals surface area (Å²) in [5.74, 6) is -0.0706. The fourth-order valence-corrected chi connectivity index (χ4v) is 3.58. The molecular formula is C15H27N3O3. The maximum absolute atomic E-state index is 12.6. The Kier molecular flexibility index (Phi) is 4.58. The normalized spacial score (nSPS) is 29.3. The number of carbonyl (C=O) groups is 2. The Hall–Kier alpha value is -1.14. The molecule has 0 spiro atoms. The van der Waals surface area contributed by atoms with Crippen LogP contribution in [0.1, 0.15) is 40.5 Å². The molecule has 120 valence electrons. The molecule has 2 amide bonds. The largest absolute Gasteiger partial charge is 0.364 e. The molecule has 2 fully saturated rings. The molecule has 2 N–H and O–H groups in total. The van der Waals surface area contributed by atoms with Crippen molar-refractivity contribution in [2.75, 3.05) is 19.6 Å². The van der Waals surface area contributed by atoms with Crippen LogP contribution < -0.4 is 5.73 Å². The van der Waals surface area contributed by atoms with Crippen LogP contribution in [0.25, 0.3) is 0 Å². The Morgan fingerprint density at radius 1 is 1.43 bits per heavy atom. The van der Waals surface area contributed by atoms with E-state index in [1.807, 2.05) is 32.6 Å². The first-order valence-corrected chi connectivity index (χ1v) is 7.72. The zero-order valence-electron chi connectivity index (χ0n) is 13.5. The van der Waals surface area contributed by atoms with E-state index < -0.39 is 6.10 Å². The molecule has 0 saturated carbocycles. The first kappa shape index (κ1) is 16.2. The molecule has 0 aliphatic carbocycles. The van der Waals surface area contributed by atoms with Crippen LogP contribution in [0.4, 0.5) is 0 Å². The number of nitrogens with two attached hydrogens (primary N) is 1. The van der Waals surface area contributed by atoms with E-state index in [0.29, 0.717) is 19.5 Å². The van der Waals surface area contributed by atoms with Gasteiger partial charge in [0.2, 0.25) is 5.91 Å². The molecule has 0 aromatic rings. The second-order valence-electron chi connectivity index (χ2n) is 6.92. The van der Waals surface area contributed by atoms with Gasteiger partial charge in [-0.05, 0) is 40.5 Å². The molecule has 2 heterocycles. The molecule has 0 unspecified atom stereocenters. The number of ether oxygens (including phenoxy) is 1. The zero-order chi connectivity index (χ0) is 15.8. The molecule has 6 nitrogen and oxygen atoms in total. The average molecular weight is 297 g/mol. The Labute approximate surface area is 126 Å². The highest BCUT2D eigenvalue weighted by Gasteiger charge is 2.43. The van der Waals surface area contributed by atoms with Gasteiger partial charge >= 0.3 is 0 Å². The van der Waals surface area contributed by atoms with E-state index in [-0.39, 0.29) is 36.0 Å². The maximum atomic E-state index is 12.6. The van der Waals surface area contributed by atoms with E-state index in [9.17, 15) is 9.59 Å². The SMILES string of the molecule is CC(C)N1C(=O)CN(C(=O)[C@@H]2CC[C@H](CN)O2)CC1(C)C. The third kappa shape index (κ3) is 3.21. The van der Waals surface area contributed by atoms with Crippen LogP contribution in [0.15, 0.2) is 0 Å². The molecule has 0 radical (unpaired) electrons. The lowest BCUT2D eigenvalue weighted by molar-refractivity contribution is -0.160. The molecule has 0 aromatic carbocycles. The molecule has 0 aromatic heterocycles. The number of rotatable bonds is 3. The summed E-state index contributed by atoms with van der Waals surface area (Å²) in [6.45, 7) is 9.14. The van der Waals surface area contributed by atoms with Gasteiger partial charge in [0.25, 0.3) is 5.91 Å². The fraction of sp³-hybridized carbons (Fsp3) is 0.867. The average Bonchev–Trinajstić information content (AvgIpc) is 2.83. The topological polar surface area (TPSA) is 75.9 Å². The van der Waals surface area contributed by atoms with Gasteiger partial charge in [-0.1, -0.05) is 0 Å². The Balaban J connectivity index is 2.06. The minimum atomic E-state index is -0.437. The summed E-state index contributed by atoms with van der Waals surface area (Å²) in [7, 11) is 0. The van der Waals surface area contributed by atoms with Crippen molar-refractivity contribution in [3.63, 3.8) is 0 Å². The lowest BCUT2D eigenvalue weighted by Crippen LogP contribution is -2.65. The number of carbonyl (C=O) groups excluding carboxylic acids is 2. The third-order valence-corrected chi connectivity index (χ3v) is 4.30. The van der Waals surface area contributed by atoms with Gasteiger partial charge in [-0.2, -0.15) is 0 Å². The van der Waals surface area contributed by atoms with E-state index in [2.05, 4.69) is 0 Å². The standard InChI is InChI=1S/C15H27N3O3/c1-10(2)18-13(19)8-17(9-15(18,3)4)14(20)12-6-5-11(7-16)21-12/h10-12H,5-9,16H2,1-4H3/t11-,12+/m1/s1. The van der Waals surface area contributed by atoms with Crippen molar-refractivity contribution >= 4 is 11.8 Å². The summed E-state index contributed by atoms with van der Waals surface area (Å²) in [6.07, 6.45) is 1.04. The summed E-state index contributed by atoms with van der Waals surface area (Å²) >= 11 is 0. The smallest absolute Gasteiger partial charge is 0.252 e. The molecule has 6 heteroatoms. The molecule has 0 bridgehead atoms. The minimum Gasteiger partial charge on any atom is -0.364 e. The van der Waals surface area contributed by atoms with Crippen LogP contribution in [-0.2, 0) is 14.3 Å². The quantitative estimate of drug-likeness (QED) is 0.815. The van der Waals surface area contributed by atoms with Gasteiger partial charge in [-0.15, -0.1) is 0 Å². The van der Waals surface area contributed by atoms with Crippen LogP contribution >= 0.6 is 0 Å². The van der Waals surface area contributed by atoms with Crippen molar-refractivity contribution in [1.82, 2.24) is 9.80 Å². The molecule has 2 saturated heterocycles. The number of amides is 2. The van der Waals surface area contributed by atoms with Gasteiger partial charge in [0.1, 0.15) is 6.10 Å². The number of piperazine rings is 1. The second kappa shape index (κ2) is 5.93. The van der Waals surface area contributed by atoms with Gasteiger partial charge < -0.3 is 20.3 Å². The molecular weight excluding hydrogens is 270 g/mol. The van der Waals surface area contributed by atoms with Gasteiger partial charge in [0.15, 0.2) is 0 Å². The van der Waals surface area contributed by atoms with Crippen molar-refractivity contribution in [3.8, 4) is 0 Å². The molecule has 2 aliphatic rings. The van der Waals surface area contributed by atoms with Crippen molar-refractivity contribution in [3.05, 3.63) is 0 Å². The van der Waals surface area contributed by atoms with E-state index in [0.717, 1.165) is 6.42 Å². The molecule has 21 heavy (non-hydrogen) atoms.